The molecular weight excluding hydrogens is 432 g/mol. The Balaban J connectivity index is 1.66. The molecule has 168 valence electrons. The molecule has 0 radical (unpaired) electrons. The molecule has 2 aliphatic heterocycles. The molecule has 0 unspecified atom stereocenters. The van der Waals surface area contributed by atoms with Crippen LogP contribution in [-0.2, 0) is 14.3 Å². The topological polar surface area (TPSA) is 91.5 Å². The molecule has 2 heterocycles. The van der Waals surface area contributed by atoms with Crippen LogP contribution in [0.1, 0.15) is 23.6 Å². The van der Waals surface area contributed by atoms with Crippen LogP contribution in [0.4, 0.5) is 0 Å². The van der Waals surface area contributed by atoms with Gasteiger partial charge < -0.3 is 24.7 Å². The summed E-state index contributed by atoms with van der Waals surface area (Å²) in [5, 5.41) is 21.2. The number of quaternary nitrogens is 1. The fraction of sp³-hybridized carbons (Fsp3) is 0.333. The van der Waals surface area contributed by atoms with Gasteiger partial charge in [0, 0.05) is 23.6 Å². The molecule has 32 heavy (non-hydrogen) atoms. The van der Waals surface area contributed by atoms with Crippen LogP contribution in [0.5, 0.6) is 5.75 Å². The van der Waals surface area contributed by atoms with Crippen LogP contribution in [-0.4, -0.2) is 66.2 Å². The van der Waals surface area contributed by atoms with Gasteiger partial charge in [-0.2, -0.15) is 0 Å². The highest BCUT2D eigenvalue weighted by Gasteiger charge is 2.45. The molecule has 0 aromatic heterocycles. The maximum Gasteiger partial charge on any atom is 0.295 e. The van der Waals surface area contributed by atoms with Gasteiger partial charge in [0.1, 0.15) is 24.6 Å². The van der Waals surface area contributed by atoms with Crippen molar-refractivity contribution >= 4 is 29.1 Å². The van der Waals surface area contributed by atoms with Gasteiger partial charge in [-0.3, -0.25) is 9.59 Å². The zero-order valence-corrected chi connectivity index (χ0v) is 18.3. The van der Waals surface area contributed by atoms with Gasteiger partial charge in [0.05, 0.1) is 31.4 Å². The first-order valence-electron chi connectivity index (χ1n) is 10.7. The predicted octanol–water partition coefficient (Wildman–Crippen LogP) is 1.77. The molecule has 3 N–H and O–H groups in total. The molecule has 1 amide bonds. The summed E-state index contributed by atoms with van der Waals surface area (Å²) in [5.74, 6) is -1.50. The van der Waals surface area contributed by atoms with Crippen LogP contribution in [0.2, 0.25) is 5.02 Å². The number of amides is 1. The molecule has 4 rings (SSSR count). The molecule has 2 saturated heterocycles. The average molecular weight is 458 g/mol. The van der Waals surface area contributed by atoms with E-state index in [0.29, 0.717) is 22.7 Å². The zero-order valence-electron chi connectivity index (χ0n) is 17.6. The number of carbonyl (C=O) groups excluding carboxylic acids is 2. The summed E-state index contributed by atoms with van der Waals surface area (Å²) in [7, 11) is 0. The summed E-state index contributed by atoms with van der Waals surface area (Å²) in [5.41, 5.74) is 1.10. The Kier molecular flexibility index (Phi) is 6.79. The molecule has 0 saturated carbocycles. The zero-order chi connectivity index (χ0) is 22.7. The number of ether oxygens (including phenoxy) is 1. The molecule has 2 aliphatic rings. The molecule has 0 spiro atoms. The molecule has 0 bridgehead atoms. The first kappa shape index (κ1) is 22.3. The van der Waals surface area contributed by atoms with E-state index in [4.69, 9.17) is 16.3 Å². The van der Waals surface area contributed by atoms with Gasteiger partial charge in [0.15, 0.2) is 0 Å². The Labute approximate surface area is 191 Å². The highest BCUT2D eigenvalue weighted by Crippen LogP contribution is 2.39. The molecule has 2 aromatic rings. The molecule has 2 aromatic carbocycles. The fourth-order valence-electron chi connectivity index (χ4n) is 4.29. The summed E-state index contributed by atoms with van der Waals surface area (Å²) >= 11 is 5.95. The Morgan fingerprint density at radius 2 is 1.72 bits per heavy atom. The van der Waals surface area contributed by atoms with E-state index in [1.807, 2.05) is 0 Å². The highest BCUT2D eigenvalue weighted by molar-refractivity contribution is 6.46. The minimum atomic E-state index is -0.731. The third-order valence-corrected chi connectivity index (χ3v) is 6.25. The number of hydrogen-bond donors (Lipinski definition) is 3. The van der Waals surface area contributed by atoms with Crippen molar-refractivity contribution in [2.24, 2.45) is 0 Å². The second kappa shape index (κ2) is 9.73. The smallest absolute Gasteiger partial charge is 0.295 e. The number of halogens is 1. The van der Waals surface area contributed by atoms with E-state index in [9.17, 15) is 19.8 Å². The van der Waals surface area contributed by atoms with E-state index < -0.39 is 17.7 Å². The molecule has 2 fully saturated rings. The quantitative estimate of drug-likeness (QED) is 0.349. The van der Waals surface area contributed by atoms with Crippen LogP contribution in [0.3, 0.4) is 0 Å². The average Bonchev–Trinajstić information content (AvgIpc) is 3.05. The van der Waals surface area contributed by atoms with Crippen LogP contribution in [0.25, 0.3) is 5.76 Å². The van der Waals surface area contributed by atoms with Gasteiger partial charge in [-0.05, 0) is 42.0 Å². The van der Waals surface area contributed by atoms with E-state index >= 15 is 0 Å². The van der Waals surface area contributed by atoms with Gasteiger partial charge in [-0.1, -0.05) is 23.7 Å². The first-order chi connectivity index (χ1) is 15.5. The third-order valence-electron chi connectivity index (χ3n) is 6.00. The lowest BCUT2D eigenvalue weighted by molar-refractivity contribution is -0.908. The number of aromatic hydroxyl groups is 1. The van der Waals surface area contributed by atoms with E-state index in [1.54, 1.807) is 36.4 Å². The lowest BCUT2D eigenvalue weighted by Gasteiger charge is -2.27. The van der Waals surface area contributed by atoms with Crippen LogP contribution < -0.4 is 4.90 Å². The number of aliphatic hydroxyl groups excluding tert-OH is 1. The van der Waals surface area contributed by atoms with Crippen LogP contribution in [0.15, 0.2) is 54.1 Å². The minimum absolute atomic E-state index is 0.0433. The first-order valence-corrected chi connectivity index (χ1v) is 11.1. The van der Waals surface area contributed by atoms with E-state index in [0.717, 1.165) is 39.3 Å². The fourth-order valence-corrected chi connectivity index (χ4v) is 4.41. The predicted molar refractivity (Wildman–Crippen MR) is 120 cm³/mol. The number of Topliss-reactive ketones (excluding diaryl/α,β-unsaturated/α-hetero) is 1. The van der Waals surface area contributed by atoms with Crippen molar-refractivity contribution in [2.45, 2.75) is 12.5 Å². The monoisotopic (exact) mass is 457 g/mol. The molecule has 0 aliphatic carbocycles. The van der Waals surface area contributed by atoms with Crippen LogP contribution in [0, 0.1) is 0 Å². The van der Waals surface area contributed by atoms with Crippen molar-refractivity contribution in [3.05, 3.63) is 70.3 Å². The molecule has 1 atom stereocenters. The van der Waals surface area contributed by atoms with Crippen molar-refractivity contribution in [3.8, 4) is 5.75 Å². The lowest BCUT2D eigenvalue weighted by Crippen LogP contribution is -3.14. The van der Waals surface area contributed by atoms with Crippen molar-refractivity contribution in [2.75, 3.05) is 39.4 Å². The second-order valence-electron chi connectivity index (χ2n) is 8.06. The minimum Gasteiger partial charge on any atom is -0.508 e. The number of phenols is 1. The maximum atomic E-state index is 13.0. The number of nitrogens with one attached hydrogen (secondary N) is 1. The number of hydrogen-bond acceptors (Lipinski definition) is 5. The number of benzene rings is 2. The summed E-state index contributed by atoms with van der Waals surface area (Å²) in [6.07, 6.45) is 0.720. The summed E-state index contributed by atoms with van der Waals surface area (Å²) in [6, 6.07) is 12.1. The van der Waals surface area contributed by atoms with Crippen molar-refractivity contribution in [1.82, 2.24) is 4.90 Å². The molecule has 7 nitrogen and oxygen atoms in total. The Bertz CT molecular complexity index is 1010. The van der Waals surface area contributed by atoms with Crippen molar-refractivity contribution in [1.29, 1.82) is 0 Å². The highest BCUT2D eigenvalue weighted by atomic mass is 35.5. The second-order valence-corrected chi connectivity index (χ2v) is 8.49. The number of likely N-dealkylation sites (tertiary alicyclic amines) is 1. The number of rotatable bonds is 6. The number of aliphatic hydroxyl groups is 1. The van der Waals surface area contributed by atoms with E-state index in [1.165, 1.54) is 21.9 Å². The van der Waals surface area contributed by atoms with Crippen molar-refractivity contribution in [3.63, 3.8) is 0 Å². The number of ketones is 1. The van der Waals surface area contributed by atoms with Crippen molar-refractivity contribution < 1.29 is 29.4 Å². The van der Waals surface area contributed by atoms with Gasteiger partial charge in [-0.15, -0.1) is 0 Å². The standard InChI is InChI=1S/C24H25ClN2O5/c25-18-6-2-17(3-7-18)22(29)20-21(16-4-8-19(28)9-5-16)27(24(31)23(20)30)11-1-10-26-12-14-32-15-13-26/h2-9,21,28-29H,1,10-15H2/p+1/t21-/m1/s1. The molecule has 8 heteroatoms. The van der Waals surface area contributed by atoms with Gasteiger partial charge >= 0.3 is 0 Å². The van der Waals surface area contributed by atoms with Gasteiger partial charge in [0.25, 0.3) is 11.7 Å². The number of morpholine rings is 1. The Hall–Kier alpha value is -2.87. The Morgan fingerprint density at radius 1 is 1.06 bits per heavy atom. The van der Waals surface area contributed by atoms with Gasteiger partial charge in [-0.25, -0.2) is 0 Å². The Morgan fingerprint density at radius 3 is 2.38 bits per heavy atom. The van der Waals surface area contributed by atoms with Gasteiger partial charge in [0.2, 0.25) is 0 Å². The number of carbonyl (C=O) groups is 2. The number of nitrogens with zero attached hydrogens (tertiary/aromatic N) is 1. The summed E-state index contributed by atoms with van der Waals surface area (Å²) in [6.45, 7) is 4.57. The normalized spacial score (nSPS) is 21.3. The third kappa shape index (κ3) is 4.65. The maximum absolute atomic E-state index is 13.0. The van der Waals surface area contributed by atoms with E-state index in [-0.39, 0.29) is 17.1 Å². The van der Waals surface area contributed by atoms with Crippen LogP contribution >= 0.6 is 11.6 Å². The van der Waals surface area contributed by atoms with E-state index in [2.05, 4.69) is 0 Å². The SMILES string of the molecule is O=C1C(=O)N(CCC[NH+]2CCOCC2)[C@H](c2ccc(O)cc2)C1=C(O)c1ccc(Cl)cc1. The summed E-state index contributed by atoms with van der Waals surface area (Å²) in [4.78, 5) is 28.9. The largest absolute Gasteiger partial charge is 0.508 e. The number of phenolic OH excluding ortho intramolecular Hbond substituents is 1. The molecular formula is C24H26ClN2O5+. The lowest BCUT2D eigenvalue weighted by atomic mass is 9.95. The summed E-state index contributed by atoms with van der Waals surface area (Å²) < 4.78 is 5.39.